The van der Waals surface area contributed by atoms with E-state index in [1.165, 1.54) is 18.2 Å². The molecule has 13 heteroatoms. The zero-order chi connectivity index (χ0) is 22.4. The Balaban J connectivity index is 0.00000480. The van der Waals surface area contributed by atoms with Crippen molar-refractivity contribution in [3.05, 3.63) is 52.2 Å². The van der Waals surface area contributed by atoms with Gasteiger partial charge in [-0.3, -0.25) is 15.1 Å². The first-order valence-corrected chi connectivity index (χ1v) is 10.6. The number of nitro benzene ring substituents is 1. The monoisotopic (exact) mass is 566 g/mol. The molecule has 31 heavy (non-hydrogen) atoms. The number of hydrogen-bond acceptors (Lipinski definition) is 7. The Kier molecular flexibility index (Phi) is 9.83. The highest BCUT2D eigenvalue weighted by Gasteiger charge is 2.19. The Bertz CT molecular complexity index is 1020. The lowest BCUT2D eigenvalue weighted by Gasteiger charge is -2.13. The van der Waals surface area contributed by atoms with Crippen molar-refractivity contribution in [1.29, 1.82) is 0 Å². The van der Waals surface area contributed by atoms with Gasteiger partial charge in [-0.2, -0.15) is 0 Å². The number of halogens is 1. The van der Waals surface area contributed by atoms with Crippen LogP contribution in [-0.2, 0) is 22.0 Å². The Morgan fingerprint density at radius 1 is 1.26 bits per heavy atom. The number of nitrogens with zero attached hydrogens (tertiary/aromatic N) is 3. The minimum absolute atomic E-state index is 0. The maximum absolute atomic E-state index is 12.3. The highest BCUT2D eigenvalue weighted by Crippen LogP contribution is 2.22. The number of nitrogens with one attached hydrogen (secondary N) is 3. The largest absolute Gasteiger partial charge is 0.443 e. The summed E-state index contributed by atoms with van der Waals surface area (Å²) in [5, 5.41) is 16.8. The number of nitro groups is 1. The van der Waals surface area contributed by atoms with Crippen molar-refractivity contribution in [2.75, 3.05) is 20.1 Å². The minimum atomic E-state index is -3.87. The quantitative estimate of drug-likeness (QED) is 0.110. The summed E-state index contributed by atoms with van der Waals surface area (Å²) in [4.78, 5) is 18.3. The average Bonchev–Trinajstić information content (AvgIpc) is 3.17. The predicted octanol–water partition coefficient (Wildman–Crippen LogP) is 2.14. The Labute approximate surface area is 198 Å². The first-order chi connectivity index (χ1) is 14.0. The van der Waals surface area contributed by atoms with Gasteiger partial charge in [-0.1, -0.05) is 26.8 Å². The van der Waals surface area contributed by atoms with E-state index >= 15 is 0 Å². The van der Waals surface area contributed by atoms with Crippen molar-refractivity contribution < 1.29 is 17.8 Å². The van der Waals surface area contributed by atoms with E-state index in [0.29, 0.717) is 18.4 Å². The second kappa shape index (κ2) is 11.4. The van der Waals surface area contributed by atoms with Crippen LogP contribution in [-0.4, -0.2) is 44.4 Å². The molecule has 2 rings (SSSR count). The Morgan fingerprint density at radius 3 is 2.55 bits per heavy atom. The number of aliphatic imine (C=N–C) groups is 1. The number of aromatic nitrogens is 1. The summed E-state index contributed by atoms with van der Waals surface area (Å²) in [7, 11) is -2.29. The van der Waals surface area contributed by atoms with Gasteiger partial charge in [-0.25, -0.2) is 18.1 Å². The summed E-state index contributed by atoms with van der Waals surface area (Å²) < 4.78 is 32.7. The molecule has 0 spiro atoms. The standard InChI is InChI=1S/C18H26N6O5S.HI/c1-18(2,3)15-11-21-16(29-15)12-22-17(19-4)20-8-9-23-30(27,28)14-7-5-6-13(10-14)24(25)26;/h5-7,10-11,23H,8-9,12H2,1-4H3,(H2,19,20,22);1H. The molecule has 0 fully saturated rings. The van der Waals surface area contributed by atoms with Gasteiger partial charge < -0.3 is 15.1 Å². The molecule has 0 saturated carbocycles. The minimum Gasteiger partial charge on any atom is -0.443 e. The second-order valence-electron chi connectivity index (χ2n) is 7.37. The van der Waals surface area contributed by atoms with Gasteiger partial charge in [0.05, 0.1) is 22.6 Å². The number of hydrogen-bond donors (Lipinski definition) is 3. The van der Waals surface area contributed by atoms with Crippen LogP contribution in [0.3, 0.4) is 0 Å². The third-order valence-electron chi connectivity index (χ3n) is 3.97. The molecule has 0 aliphatic rings. The molecule has 0 saturated heterocycles. The molecule has 0 bridgehead atoms. The number of oxazole rings is 1. The van der Waals surface area contributed by atoms with Crippen LogP contribution in [0.5, 0.6) is 0 Å². The summed E-state index contributed by atoms with van der Waals surface area (Å²) in [5.74, 6) is 1.73. The van der Waals surface area contributed by atoms with Crippen molar-refractivity contribution in [1.82, 2.24) is 20.3 Å². The van der Waals surface area contributed by atoms with Crippen LogP contribution in [0.1, 0.15) is 32.4 Å². The van der Waals surface area contributed by atoms with Crippen molar-refractivity contribution in [2.45, 2.75) is 37.6 Å². The molecule has 172 valence electrons. The highest BCUT2D eigenvalue weighted by molar-refractivity contribution is 14.0. The molecule has 0 atom stereocenters. The van der Waals surface area contributed by atoms with Crippen molar-refractivity contribution >= 4 is 45.6 Å². The molecule has 11 nitrogen and oxygen atoms in total. The van der Waals surface area contributed by atoms with Crippen LogP contribution >= 0.6 is 24.0 Å². The summed E-state index contributed by atoms with van der Waals surface area (Å²) in [5.41, 5.74) is -0.427. The summed E-state index contributed by atoms with van der Waals surface area (Å²) in [6, 6.07) is 4.86. The molecule has 0 amide bonds. The van der Waals surface area contributed by atoms with Gasteiger partial charge in [-0.05, 0) is 6.07 Å². The first kappa shape index (κ1) is 26.8. The highest BCUT2D eigenvalue weighted by atomic mass is 127. The van der Waals surface area contributed by atoms with Gasteiger partial charge in [0.1, 0.15) is 5.76 Å². The van der Waals surface area contributed by atoms with Crippen LogP contribution in [0.25, 0.3) is 0 Å². The van der Waals surface area contributed by atoms with E-state index in [9.17, 15) is 18.5 Å². The molecule has 3 N–H and O–H groups in total. The lowest BCUT2D eigenvalue weighted by Crippen LogP contribution is -2.41. The van der Waals surface area contributed by atoms with Gasteiger partial charge in [0.25, 0.3) is 5.69 Å². The fourth-order valence-corrected chi connectivity index (χ4v) is 3.40. The molecule has 1 heterocycles. The Morgan fingerprint density at radius 2 is 1.97 bits per heavy atom. The number of guanidine groups is 1. The Hall–Kier alpha value is -2.26. The van der Waals surface area contributed by atoms with Crippen LogP contribution in [0.4, 0.5) is 5.69 Å². The van der Waals surface area contributed by atoms with E-state index in [2.05, 4.69) is 25.3 Å². The van der Waals surface area contributed by atoms with Crippen LogP contribution in [0, 0.1) is 10.1 Å². The number of sulfonamides is 1. The molecular weight excluding hydrogens is 539 g/mol. The van der Waals surface area contributed by atoms with E-state index in [4.69, 9.17) is 4.42 Å². The lowest BCUT2D eigenvalue weighted by molar-refractivity contribution is -0.385. The van der Waals surface area contributed by atoms with Gasteiger partial charge in [0.15, 0.2) is 5.96 Å². The number of benzene rings is 1. The van der Waals surface area contributed by atoms with E-state index < -0.39 is 14.9 Å². The zero-order valence-electron chi connectivity index (χ0n) is 17.7. The maximum atomic E-state index is 12.3. The zero-order valence-corrected chi connectivity index (χ0v) is 20.9. The molecule has 1 aromatic heterocycles. The van der Waals surface area contributed by atoms with Gasteiger partial charge >= 0.3 is 0 Å². The van der Waals surface area contributed by atoms with Gasteiger partial charge in [-0.15, -0.1) is 24.0 Å². The molecule has 0 aliphatic heterocycles. The smallest absolute Gasteiger partial charge is 0.270 e. The summed E-state index contributed by atoms with van der Waals surface area (Å²) in [6.45, 7) is 6.69. The summed E-state index contributed by atoms with van der Waals surface area (Å²) in [6.07, 6.45) is 1.69. The molecule has 2 aromatic rings. The third-order valence-corrected chi connectivity index (χ3v) is 5.43. The fourth-order valence-electron chi connectivity index (χ4n) is 2.33. The summed E-state index contributed by atoms with van der Waals surface area (Å²) >= 11 is 0. The van der Waals surface area contributed by atoms with E-state index in [0.717, 1.165) is 11.8 Å². The van der Waals surface area contributed by atoms with E-state index in [-0.39, 0.29) is 53.1 Å². The third kappa shape index (κ3) is 8.06. The predicted molar refractivity (Wildman–Crippen MR) is 127 cm³/mol. The van der Waals surface area contributed by atoms with Crippen LogP contribution < -0.4 is 15.4 Å². The van der Waals surface area contributed by atoms with Crippen LogP contribution in [0.2, 0.25) is 0 Å². The molecule has 0 aliphatic carbocycles. The normalized spacial score (nSPS) is 12.2. The van der Waals surface area contributed by atoms with E-state index in [1.807, 2.05) is 20.8 Å². The first-order valence-electron chi connectivity index (χ1n) is 9.17. The molecule has 1 aromatic carbocycles. The van der Waals surface area contributed by atoms with Crippen molar-refractivity contribution in [2.24, 2.45) is 4.99 Å². The average molecular weight is 566 g/mol. The van der Waals surface area contributed by atoms with Gasteiger partial charge in [0, 0.05) is 37.7 Å². The van der Waals surface area contributed by atoms with Crippen molar-refractivity contribution in [3.63, 3.8) is 0 Å². The number of rotatable bonds is 8. The van der Waals surface area contributed by atoms with Crippen molar-refractivity contribution in [3.8, 4) is 0 Å². The molecular formula is C18H27IN6O5S. The van der Waals surface area contributed by atoms with E-state index in [1.54, 1.807) is 13.2 Å². The fraction of sp³-hybridized carbons (Fsp3) is 0.444. The van der Waals surface area contributed by atoms with Crippen LogP contribution in [0.15, 0.2) is 44.8 Å². The molecule has 0 unspecified atom stereocenters. The lowest BCUT2D eigenvalue weighted by atomic mass is 9.94. The molecule has 0 radical (unpaired) electrons. The van der Waals surface area contributed by atoms with Gasteiger partial charge in [0.2, 0.25) is 15.9 Å². The SMILES string of the molecule is CN=C(NCCNS(=O)(=O)c1cccc([N+](=O)[O-])c1)NCc1ncc(C(C)(C)C)o1.I. The topological polar surface area (TPSA) is 152 Å². The number of non-ortho nitro benzene ring substituents is 1. The second-order valence-corrected chi connectivity index (χ2v) is 9.14. The maximum Gasteiger partial charge on any atom is 0.270 e.